The van der Waals surface area contributed by atoms with Crippen LogP contribution in [-0.4, -0.2) is 29.6 Å². The van der Waals surface area contributed by atoms with Crippen LogP contribution in [0, 0.1) is 0 Å². The molecule has 0 aromatic carbocycles. The number of aromatic carboxylic acids is 1. The second-order valence-electron chi connectivity index (χ2n) is 4.29. The van der Waals surface area contributed by atoms with Crippen LogP contribution in [0.25, 0.3) is 0 Å². The average molecular weight is 252 g/mol. The Morgan fingerprint density at radius 3 is 3.06 bits per heavy atom. The summed E-state index contributed by atoms with van der Waals surface area (Å²) < 4.78 is 5.11. The summed E-state index contributed by atoms with van der Waals surface area (Å²) in [6.45, 7) is 1.08. The van der Waals surface area contributed by atoms with Crippen molar-refractivity contribution in [3.05, 3.63) is 23.7 Å². The zero-order valence-corrected chi connectivity index (χ0v) is 9.94. The molecule has 6 nitrogen and oxygen atoms in total. The molecule has 1 fully saturated rings. The van der Waals surface area contributed by atoms with E-state index in [4.69, 9.17) is 9.52 Å². The second kappa shape index (κ2) is 5.68. The quantitative estimate of drug-likeness (QED) is 0.735. The van der Waals surface area contributed by atoms with E-state index < -0.39 is 5.97 Å². The molecule has 1 aromatic rings. The number of carboxylic acid groups (broad SMARTS) is 1. The highest BCUT2D eigenvalue weighted by Crippen LogP contribution is 2.10. The highest BCUT2D eigenvalue weighted by molar-refractivity contribution is 5.84. The lowest BCUT2D eigenvalue weighted by Crippen LogP contribution is -2.42. The maximum atomic E-state index is 11.7. The van der Waals surface area contributed by atoms with E-state index in [-0.39, 0.29) is 17.7 Å². The third-order valence-electron chi connectivity index (χ3n) is 2.93. The van der Waals surface area contributed by atoms with Crippen molar-refractivity contribution in [2.45, 2.75) is 31.8 Å². The van der Waals surface area contributed by atoms with E-state index in [1.54, 1.807) is 6.07 Å². The number of furan rings is 1. The Morgan fingerprint density at radius 2 is 2.33 bits per heavy atom. The smallest absolute Gasteiger partial charge is 0.371 e. The van der Waals surface area contributed by atoms with Crippen LogP contribution in [0.15, 0.2) is 16.5 Å². The van der Waals surface area contributed by atoms with Crippen molar-refractivity contribution < 1.29 is 19.1 Å². The van der Waals surface area contributed by atoms with Gasteiger partial charge < -0.3 is 14.8 Å². The molecule has 1 saturated heterocycles. The molecule has 2 rings (SSSR count). The fourth-order valence-electron chi connectivity index (χ4n) is 1.95. The van der Waals surface area contributed by atoms with Gasteiger partial charge in [0, 0.05) is 6.54 Å². The molecule has 3 N–H and O–H groups in total. The molecule has 18 heavy (non-hydrogen) atoms. The first-order valence-corrected chi connectivity index (χ1v) is 6.00. The van der Waals surface area contributed by atoms with Crippen LogP contribution in [0.4, 0.5) is 0 Å². The summed E-state index contributed by atoms with van der Waals surface area (Å²) >= 11 is 0. The normalized spacial score (nSPS) is 20.2. The Bertz CT molecular complexity index is 441. The van der Waals surface area contributed by atoms with E-state index in [1.165, 1.54) is 6.07 Å². The minimum absolute atomic E-state index is 0.00230. The predicted molar refractivity (Wildman–Crippen MR) is 63.2 cm³/mol. The van der Waals surface area contributed by atoms with Crippen LogP contribution in [0.2, 0.25) is 0 Å². The van der Waals surface area contributed by atoms with E-state index in [2.05, 4.69) is 10.6 Å². The lowest BCUT2D eigenvalue weighted by atomic mass is 10.1. The van der Waals surface area contributed by atoms with Gasteiger partial charge in [-0.2, -0.15) is 0 Å². The number of carboxylic acids is 1. The number of hydrogen-bond donors (Lipinski definition) is 3. The van der Waals surface area contributed by atoms with E-state index in [9.17, 15) is 9.59 Å². The van der Waals surface area contributed by atoms with Crippen molar-refractivity contribution in [3.8, 4) is 0 Å². The molecular formula is C12H16N2O4. The van der Waals surface area contributed by atoms with Gasteiger partial charge in [0.25, 0.3) is 0 Å². The zero-order valence-electron chi connectivity index (χ0n) is 9.94. The molecule has 1 unspecified atom stereocenters. The Balaban J connectivity index is 1.89. The van der Waals surface area contributed by atoms with Gasteiger partial charge in [-0.05, 0) is 31.4 Å². The Morgan fingerprint density at radius 1 is 1.50 bits per heavy atom. The topological polar surface area (TPSA) is 91.6 Å². The third kappa shape index (κ3) is 3.10. The van der Waals surface area contributed by atoms with Gasteiger partial charge in [0.1, 0.15) is 5.76 Å². The lowest BCUT2D eigenvalue weighted by Gasteiger charge is -2.13. The Kier molecular flexibility index (Phi) is 3.99. The van der Waals surface area contributed by atoms with Gasteiger partial charge in [0.2, 0.25) is 11.7 Å². The minimum Gasteiger partial charge on any atom is -0.475 e. The third-order valence-corrected chi connectivity index (χ3v) is 2.93. The number of hydrogen-bond acceptors (Lipinski definition) is 4. The number of carbonyl (C=O) groups is 2. The van der Waals surface area contributed by atoms with Gasteiger partial charge in [-0.15, -0.1) is 0 Å². The highest BCUT2D eigenvalue weighted by atomic mass is 16.4. The SMILES string of the molecule is O=C(O)c1ccc(CNC2CCCCNC2=O)o1. The van der Waals surface area contributed by atoms with E-state index >= 15 is 0 Å². The Hall–Kier alpha value is -1.82. The summed E-state index contributed by atoms with van der Waals surface area (Å²) in [6.07, 6.45) is 2.78. The fraction of sp³-hybridized carbons (Fsp3) is 0.500. The van der Waals surface area contributed by atoms with E-state index in [0.717, 1.165) is 25.8 Å². The molecule has 1 aromatic heterocycles. The van der Waals surface area contributed by atoms with Crippen molar-refractivity contribution in [1.29, 1.82) is 0 Å². The lowest BCUT2D eigenvalue weighted by molar-refractivity contribution is -0.122. The molecule has 98 valence electrons. The van der Waals surface area contributed by atoms with Gasteiger partial charge >= 0.3 is 5.97 Å². The fourth-order valence-corrected chi connectivity index (χ4v) is 1.95. The summed E-state index contributed by atoms with van der Waals surface area (Å²) in [5.74, 6) is -0.660. The van der Waals surface area contributed by atoms with Crippen LogP contribution in [-0.2, 0) is 11.3 Å². The first-order valence-electron chi connectivity index (χ1n) is 6.00. The van der Waals surface area contributed by atoms with E-state index in [0.29, 0.717) is 12.3 Å². The molecule has 1 aliphatic rings. The molecule has 0 bridgehead atoms. The maximum Gasteiger partial charge on any atom is 0.371 e. The molecule has 0 aliphatic carbocycles. The van der Waals surface area contributed by atoms with Crippen LogP contribution in [0.5, 0.6) is 0 Å². The van der Waals surface area contributed by atoms with Gasteiger partial charge in [0.05, 0.1) is 12.6 Å². The van der Waals surface area contributed by atoms with Gasteiger partial charge in [-0.1, -0.05) is 0 Å². The predicted octanol–water partition coefficient (Wildman–Crippen LogP) is 0.736. The monoisotopic (exact) mass is 252 g/mol. The van der Waals surface area contributed by atoms with Crippen LogP contribution in [0.3, 0.4) is 0 Å². The first-order chi connectivity index (χ1) is 8.66. The largest absolute Gasteiger partial charge is 0.475 e. The molecule has 0 radical (unpaired) electrons. The van der Waals surface area contributed by atoms with Crippen molar-refractivity contribution in [3.63, 3.8) is 0 Å². The molecule has 1 aliphatic heterocycles. The van der Waals surface area contributed by atoms with Gasteiger partial charge in [-0.25, -0.2) is 4.79 Å². The first kappa shape index (κ1) is 12.6. The summed E-state index contributed by atoms with van der Waals surface area (Å²) in [7, 11) is 0. The van der Waals surface area contributed by atoms with Crippen molar-refractivity contribution >= 4 is 11.9 Å². The molecule has 1 amide bonds. The zero-order chi connectivity index (χ0) is 13.0. The Labute approximate surface area is 104 Å². The van der Waals surface area contributed by atoms with Crippen LogP contribution >= 0.6 is 0 Å². The summed E-state index contributed by atoms with van der Waals surface area (Å²) in [6, 6.07) is 2.78. The molecule has 1 atom stereocenters. The number of rotatable bonds is 4. The van der Waals surface area contributed by atoms with Crippen LogP contribution < -0.4 is 10.6 Å². The summed E-state index contributed by atoms with van der Waals surface area (Å²) in [4.78, 5) is 22.3. The number of carbonyl (C=O) groups excluding carboxylic acids is 1. The summed E-state index contributed by atoms with van der Waals surface area (Å²) in [5.41, 5.74) is 0. The summed E-state index contributed by atoms with van der Waals surface area (Å²) in [5, 5.41) is 14.6. The number of amides is 1. The van der Waals surface area contributed by atoms with Crippen LogP contribution in [0.1, 0.15) is 35.6 Å². The molecule has 2 heterocycles. The molecule has 6 heteroatoms. The highest BCUT2D eigenvalue weighted by Gasteiger charge is 2.20. The van der Waals surface area contributed by atoms with Crippen molar-refractivity contribution in [1.82, 2.24) is 10.6 Å². The molecule has 0 spiro atoms. The minimum atomic E-state index is -1.09. The van der Waals surface area contributed by atoms with Gasteiger partial charge in [0.15, 0.2) is 0 Å². The maximum absolute atomic E-state index is 11.7. The number of nitrogens with one attached hydrogen (secondary N) is 2. The van der Waals surface area contributed by atoms with Crippen molar-refractivity contribution in [2.24, 2.45) is 0 Å². The average Bonchev–Trinajstić information content (AvgIpc) is 2.72. The van der Waals surface area contributed by atoms with Gasteiger partial charge in [-0.3, -0.25) is 10.1 Å². The van der Waals surface area contributed by atoms with Crippen molar-refractivity contribution in [2.75, 3.05) is 6.54 Å². The molecule has 0 saturated carbocycles. The second-order valence-corrected chi connectivity index (χ2v) is 4.29. The standard InChI is InChI=1S/C12H16N2O4/c15-11-9(3-1-2-6-13-11)14-7-8-4-5-10(18-8)12(16)17/h4-5,9,14H,1-3,6-7H2,(H,13,15)(H,16,17). The molecular weight excluding hydrogens is 236 g/mol. The van der Waals surface area contributed by atoms with E-state index in [1.807, 2.05) is 0 Å².